The molecule has 0 aliphatic heterocycles. The zero-order chi connectivity index (χ0) is 42.2. The second kappa shape index (κ2) is 41.1. The van der Waals surface area contributed by atoms with Gasteiger partial charge in [0.15, 0.2) is 37.9 Å². The van der Waals surface area contributed by atoms with Crippen LogP contribution < -0.4 is 77.1 Å². The van der Waals surface area contributed by atoms with Gasteiger partial charge < -0.3 is 76.9 Å². The summed E-state index contributed by atoms with van der Waals surface area (Å²) in [7, 11) is 0. The summed E-state index contributed by atoms with van der Waals surface area (Å²) >= 11 is 6.49. The molecular formula is C50H76Br6N6. The van der Waals surface area contributed by atoms with Crippen molar-refractivity contribution in [3.05, 3.63) is 157 Å². The first-order chi connectivity index (χ1) is 28.3. The van der Waals surface area contributed by atoms with Gasteiger partial charge in [-0.25, -0.2) is 9.13 Å². The second-order valence-electron chi connectivity index (χ2n) is 14.9. The lowest BCUT2D eigenvalue weighted by molar-refractivity contribution is -0.917. The predicted octanol–water partition coefficient (Wildman–Crippen LogP) is -1.70. The summed E-state index contributed by atoms with van der Waals surface area (Å²) in [6.07, 6.45) is 36.6. The molecule has 0 aliphatic rings. The van der Waals surface area contributed by atoms with Gasteiger partial charge in [0.2, 0.25) is 0 Å². The molecule has 12 heteroatoms. The van der Waals surface area contributed by atoms with E-state index in [9.17, 15) is 0 Å². The molecule has 0 amide bonds. The fourth-order valence-electron chi connectivity index (χ4n) is 6.88. The number of aryl methyl sites for hydroxylation is 4. The molecule has 0 bridgehead atoms. The number of halogens is 6. The van der Waals surface area contributed by atoms with Crippen molar-refractivity contribution >= 4 is 31.9 Å². The second-order valence-corrected chi connectivity index (χ2v) is 16.2. The number of alkyl halides is 2. The molecule has 4 aromatic rings. The van der Waals surface area contributed by atoms with E-state index in [1.807, 2.05) is 24.8 Å². The van der Waals surface area contributed by atoms with Gasteiger partial charge in [-0.15, -0.1) is 0 Å². The minimum atomic E-state index is 0. The summed E-state index contributed by atoms with van der Waals surface area (Å²) in [6.45, 7) is 25.2. The van der Waals surface area contributed by atoms with Gasteiger partial charge in [0.05, 0.1) is 52.4 Å². The fraction of sp³-hybridized carbons (Fsp3) is 0.480. The average Bonchev–Trinajstić information content (AvgIpc) is 3.28. The van der Waals surface area contributed by atoms with Crippen LogP contribution in [0.15, 0.2) is 135 Å². The van der Waals surface area contributed by atoms with E-state index < -0.39 is 0 Å². The topological polar surface area (TPSA) is 33.5 Å². The Hall–Kier alpha value is -1.38. The molecule has 6 nitrogen and oxygen atoms in total. The van der Waals surface area contributed by atoms with E-state index in [2.05, 4.69) is 202 Å². The highest BCUT2D eigenvalue weighted by Crippen LogP contribution is 2.09. The Labute approximate surface area is 437 Å². The van der Waals surface area contributed by atoms with Gasteiger partial charge in [-0.05, 0) is 151 Å². The van der Waals surface area contributed by atoms with Crippen LogP contribution in [0.2, 0.25) is 0 Å². The zero-order valence-electron chi connectivity index (χ0n) is 38.4. The highest BCUT2D eigenvalue weighted by atomic mass is 79.9. The van der Waals surface area contributed by atoms with E-state index in [-0.39, 0.29) is 67.9 Å². The molecule has 0 radical (unpaired) electrons. The minimum absolute atomic E-state index is 0. The number of likely N-dealkylation sites (N-methyl/N-ethyl adjacent to an activating group) is 2. The number of rotatable bonds is 24. The Morgan fingerprint density at radius 1 is 0.419 bits per heavy atom. The highest BCUT2D eigenvalue weighted by Gasteiger charge is 2.19. The van der Waals surface area contributed by atoms with Crippen LogP contribution in [-0.4, -0.2) is 82.0 Å². The highest BCUT2D eigenvalue weighted by molar-refractivity contribution is 9.09. The molecular weight excluding hydrogens is 1160 g/mol. The molecule has 0 saturated heterocycles. The molecule has 0 aliphatic carbocycles. The van der Waals surface area contributed by atoms with Crippen molar-refractivity contribution in [2.75, 3.05) is 63.0 Å². The Morgan fingerprint density at radius 3 is 0.952 bits per heavy atom. The maximum atomic E-state index is 4.00. The lowest BCUT2D eigenvalue weighted by atomic mass is 10.1. The van der Waals surface area contributed by atoms with Gasteiger partial charge in [-0.2, -0.15) is 0 Å². The summed E-state index contributed by atoms with van der Waals surface area (Å²) in [6, 6.07) is 17.4. The first-order valence-electron chi connectivity index (χ1n) is 21.8. The van der Waals surface area contributed by atoms with Crippen LogP contribution >= 0.6 is 31.9 Å². The number of quaternary nitrogens is 2. The Kier molecular flexibility index (Phi) is 43.0. The predicted molar refractivity (Wildman–Crippen MR) is 254 cm³/mol. The molecule has 348 valence electrons. The Balaban J connectivity index is -0.00000115. The Bertz CT molecular complexity index is 1530. The molecule has 0 fully saturated rings. The third-order valence-electron chi connectivity index (χ3n) is 11.6. The van der Waals surface area contributed by atoms with Crippen LogP contribution in [0.3, 0.4) is 0 Å². The summed E-state index contributed by atoms with van der Waals surface area (Å²) in [5.41, 5.74) is 5.57. The molecule has 0 atom stereocenters. The molecule has 4 rings (SSSR count). The third-order valence-corrected chi connectivity index (χ3v) is 12.3. The number of hydrogen-bond donors (Lipinski definition) is 0. The van der Waals surface area contributed by atoms with Gasteiger partial charge in [-0.3, -0.25) is 9.97 Å². The van der Waals surface area contributed by atoms with E-state index in [1.165, 1.54) is 83.3 Å². The van der Waals surface area contributed by atoms with Crippen LogP contribution in [0.5, 0.6) is 0 Å². The number of pyridine rings is 4. The molecule has 0 unspecified atom stereocenters. The lowest BCUT2D eigenvalue weighted by Crippen LogP contribution is -3.00. The van der Waals surface area contributed by atoms with Gasteiger partial charge in [0.25, 0.3) is 0 Å². The molecule has 4 heterocycles. The molecule has 0 spiro atoms. The van der Waals surface area contributed by atoms with Gasteiger partial charge in [0.1, 0.15) is 0 Å². The molecule has 0 saturated carbocycles. The van der Waals surface area contributed by atoms with Crippen LogP contribution in [-0.2, 0) is 38.8 Å². The van der Waals surface area contributed by atoms with Gasteiger partial charge in [-0.1, -0.05) is 44.0 Å². The smallest absolute Gasteiger partial charge is 0.169 e. The number of nitrogens with zero attached hydrogens (tertiary/aromatic N) is 6. The number of aromatic nitrogens is 4. The average molecular weight is 1240 g/mol. The first kappa shape index (κ1) is 64.9. The van der Waals surface area contributed by atoms with Crippen molar-refractivity contribution in [1.82, 2.24) is 9.97 Å². The number of allylic oxidation sites excluding steroid dienone is 4. The minimum Gasteiger partial charge on any atom is -1.00 e. The fourth-order valence-corrected chi connectivity index (χ4v) is 7.41. The van der Waals surface area contributed by atoms with Crippen molar-refractivity contribution in [1.29, 1.82) is 0 Å². The van der Waals surface area contributed by atoms with Crippen molar-refractivity contribution < 1.29 is 86.0 Å². The maximum Gasteiger partial charge on any atom is 0.169 e. The van der Waals surface area contributed by atoms with Crippen molar-refractivity contribution in [2.24, 2.45) is 0 Å². The standard InChI is InChI=1S/C33H56N4.C13H14N2.C4H6Br2.4BrH/c1-7-36(8-2,9-3)30-15-13-24-34-26-20-32(21-27-34)18-17-19-33-22-28-35(29-23-33)25-14-16-31-37(10-4,11-5)12-6;1(2-12-4-8-14-9-5-12)3-13-6-10-15-11-7-13;5-3-1-2-4-6;;;;/h13-16,20-23,26-29H,7-12,17-19,24-25,30-31H2,1-6H3;4-11H,1-3H2;1-2H,3-4H2;4*1H/q+4;;;;;;/p-4/b15-13+,16-14+;;2-1+;;;;. The SMILES string of the molecule is BrC/C=C/CBr.CC[N+](CC)(CC)C/C=C/C[n+]1ccc(CCCc2cc[n+](C/C=C/C[N+](CC)(CC)CC)cc2)cc1.[Br-].[Br-].[Br-].[Br-].c1cc(CCCc2ccncc2)ccn1. The van der Waals surface area contributed by atoms with E-state index in [1.54, 1.807) is 0 Å². The summed E-state index contributed by atoms with van der Waals surface area (Å²) in [4.78, 5) is 8.01. The van der Waals surface area contributed by atoms with Gasteiger partial charge >= 0.3 is 0 Å². The van der Waals surface area contributed by atoms with E-state index in [4.69, 9.17) is 0 Å². The van der Waals surface area contributed by atoms with Crippen LogP contribution in [0, 0.1) is 0 Å². The quantitative estimate of drug-likeness (QED) is 0.0364. The van der Waals surface area contributed by atoms with Crippen LogP contribution in [0.1, 0.15) is 76.6 Å². The van der Waals surface area contributed by atoms with Crippen molar-refractivity contribution in [3.8, 4) is 0 Å². The van der Waals surface area contributed by atoms with E-state index in [0.29, 0.717) is 0 Å². The van der Waals surface area contributed by atoms with Crippen LogP contribution in [0.25, 0.3) is 0 Å². The maximum absolute atomic E-state index is 4.00. The normalized spacial score (nSPS) is 11.0. The third kappa shape index (κ3) is 27.8. The monoisotopic (exact) mass is 1230 g/mol. The largest absolute Gasteiger partial charge is 1.00 e. The molecule has 0 aromatic carbocycles. The zero-order valence-corrected chi connectivity index (χ0v) is 47.9. The first-order valence-corrected chi connectivity index (χ1v) is 24.1. The van der Waals surface area contributed by atoms with Crippen molar-refractivity contribution in [2.45, 2.75) is 93.2 Å². The summed E-state index contributed by atoms with van der Waals surface area (Å²) in [5.74, 6) is 0. The van der Waals surface area contributed by atoms with Gasteiger partial charge in [0, 0.05) is 59.7 Å². The van der Waals surface area contributed by atoms with Crippen LogP contribution in [0.4, 0.5) is 0 Å². The number of hydrogen-bond acceptors (Lipinski definition) is 2. The van der Waals surface area contributed by atoms with E-state index >= 15 is 0 Å². The lowest BCUT2D eigenvalue weighted by Gasteiger charge is -2.34. The summed E-state index contributed by atoms with van der Waals surface area (Å²) in [5, 5.41) is 1.91. The molecule has 0 N–H and O–H groups in total. The Morgan fingerprint density at radius 2 is 0.694 bits per heavy atom. The summed E-state index contributed by atoms with van der Waals surface area (Å²) < 4.78 is 6.90. The molecule has 4 aromatic heterocycles. The van der Waals surface area contributed by atoms with E-state index in [0.717, 1.165) is 62.5 Å². The van der Waals surface area contributed by atoms with Crippen molar-refractivity contribution in [3.63, 3.8) is 0 Å². The molecule has 62 heavy (non-hydrogen) atoms.